The van der Waals surface area contributed by atoms with Crippen LogP contribution in [-0.2, 0) is 9.53 Å². The molecule has 0 aliphatic carbocycles. The summed E-state index contributed by atoms with van der Waals surface area (Å²) in [5.41, 5.74) is 0.0212. The maximum atomic E-state index is 10.9. The zero-order chi connectivity index (χ0) is 12.0. The van der Waals surface area contributed by atoms with Crippen molar-refractivity contribution in [2.75, 3.05) is 7.11 Å². The van der Waals surface area contributed by atoms with Gasteiger partial charge in [0.05, 0.1) is 18.5 Å². The summed E-state index contributed by atoms with van der Waals surface area (Å²) in [6.45, 7) is 0. The average Bonchev–Trinajstić information content (AvgIpc) is 2.75. The minimum Gasteiger partial charge on any atom is -0.469 e. The predicted molar refractivity (Wildman–Crippen MR) is 60.5 cm³/mol. The first-order valence-electron chi connectivity index (χ1n) is 4.58. The Balaban J connectivity index is 2.69. The third-order valence-corrected chi connectivity index (χ3v) is 2.72. The van der Waals surface area contributed by atoms with Crippen LogP contribution < -0.4 is 0 Å². The Labute approximate surface area is 96.5 Å². The van der Waals surface area contributed by atoms with Gasteiger partial charge < -0.3 is 4.74 Å². The summed E-state index contributed by atoms with van der Waals surface area (Å²) >= 11 is 1.41. The molecule has 0 N–H and O–H groups in total. The SMILES string of the molecule is COC(=O)CC/C(=C\c1cccs1)[N+](=O)[O-]. The number of thiophene rings is 1. The summed E-state index contributed by atoms with van der Waals surface area (Å²) in [6.07, 6.45) is 1.58. The van der Waals surface area contributed by atoms with Gasteiger partial charge >= 0.3 is 5.97 Å². The molecule has 1 aromatic heterocycles. The number of carbonyl (C=O) groups is 1. The fourth-order valence-corrected chi connectivity index (χ4v) is 1.76. The first-order chi connectivity index (χ1) is 7.63. The van der Waals surface area contributed by atoms with Gasteiger partial charge in [-0.2, -0.15) is 0 Å². The topological polar surface area (TPSA) is 69.4 Å². The van der Waals surface area contributed by atoms with Gasteiger partial charge in [-0.1, -0.05) is 6.07 Å². The molecule has 86 valence electrons. The largest absolute Gasteiger partial charge is 0.469 e. The number of nitro groups is 1. The second kappa shape index (κ2) is 6.02. The lowest BCUT2D eigenvalue weighted by Gasteiger charge is -1.98. The van der Waals surface area contributed by atoms with Gasteiger partial charge in [0.1, 0.15) is 0 Å². The van der Waals surface area contributed by atoms with Gasteiger partial charge in [-0.15, -0.1) is 11.3 Å². The summed E-state index contributed by atoms with van der Waals surface area (Å²) in [5, 5.41) is 12.6. The van der Waals surface area contributed by atoms with Gasteiger partial charge in [-0.25, -0.2) is 0 Å². The van der Waals surface area contributed by atoms with Crippen LogP contribution in [0.1, 0.15) is 17.7 Å². The molecule has 1 rings (SSSR count). The predicted octanol–water partition coefficient (Wildman–Crippen LogP) is 2.32. The minimum absolute atomic E-state index is 0.0212. The minimum atomic E-state index is -0.470. The fraction of sp³-hybridized carbons (Fsp3) is 0.300. The van der Waals surface area contributed by atoms with Crippen molar-refractivity contribution in [2.24, 2.45) is 0 Å². The Morgan fingerprint density at radius 3 is 2.88 bits per heavy atom. The Morgan fingerprint density at radius 2 is 2.38 bits per heavy atom. The summed E-state index contributed by atoms with van der Waals surface area (Å²) in [7, 11) is 1.26. The quantitative estimate of drug-likeness (QED) is 0.450. The summed E-state index contributed by atoms with van der Waals surface area (Å²) < 4.78 is 4.43. The van der Waals surface area contributed by atoms with E-state index in [9.17, 15) is 14.9 Å². The maximum Gasteiger partial charge on any atom is 0.306 e. The van der Waals surface area contributed by atoms with Gasteiger partial charge in [0.15, 0.2) is 0 Å². The Kier molecular flexibility index (Phi) is 4.65. The van der Waals surface area contributed by atoms with Gasteiger partial charge in [0.2, 0.25) is 5.70 Å². The van der Waals surface area contributed by atoms with Gasteiger partial charge in [-0.05, 0) is 11.4 Å². The Bertz CT molecular complexity index is 397. The van der Waals surface area contributed by atoms with Crippen molar-refractivity contribution in [2.45, 2.75) is 12.8 Å². The molecule has 0 aliphatic heterocycles. The van der Waals surface area contributed by atoms with E-state index >= 15 is 0 Å². The second-order valence-electron chi connectivity index (χ2n) is 2.98. The normalized spacial score (nSPS) is 11.2. The van der Waals surface area contributed by atoms with E-state index in [1.54, 1.807) is 6.07 Å². The second-order valence-corrected chi connectivity index (χ2v) is 3.96. The number of methoxy groups -OCH3 is 1. The third kappa shape index (κ3) is 3.82. The molecule has 0 atom stereocenters. The highest BCUT2D eigenvalue weighted by Gasteiger charge is 2.13. The number of esters is 1. The van der Waals surface area contributed by atoms with Crippen LogP contribution in [0.3, 0.4) is 0 Å². The highest BCUT2D eigenvalue weighted by Crippen LogP contribution is 2.16. The van der Waals surface area contributed by atoms with E-state index in [1.807, 2.05) is 11.4 Å². The zero-order valence-corrected chi connectivity index (χ0v) is 9.53. The first kappa shape index (κ1) is 12.4. The van der Waals surface area contributed by atoms with E-state index in [1.165, 1.54) is 24.5 Å². The highest BCUT2D eigenvalue weighted by atomic mass is 32.1. The summed E-state index contributed by atoms with van der Waals surface area (Å²) in [5.74, 6) is -0.445. The molecule has 0 radical (unpaired) electrons. The molecule has 5 nitrogen and oxygen atoms in total. The van der Waals surface area contributed by atoms with Crippen molar-refractivity contribution >= 4 is 23.4 Å². The molecule has 0 fully saturated rings. The van der Waals surface area contributed by atoms with E-state index in [0.717, 1.165) is 4.88 Å². The molecule has 0 spiro atoms. The molecule has 1 aromatic rings. The standard InChI is InChI=1S/C10H11NO4S/c1-15-10(12)5-4-8(11(13)14)7-9-3-2-6-16-9/h2-3,6-7H,4-5H2,1H3/b8-7+. The fourth-order valence-electron chi connectivity index (χ4n) is 1.09. The Morgan fingerprint density at radius 1 is 1.62 bits per heavy atom. The lowest BCUT2D eigenvalue weighted by molar-refractivity contribution is -0.426. The number of nitrogens with zero attached hydrogens (tertiary/aromatic N) is 1. The highest BCUT2D eigenvalue weighted by molar-refractivity contribution is 7.10. The van der Waals surface area contributed by atoms with Crippen LogP contribution in [0.5, 0.6) is 0 Å². The van der Waals surface area contributed by atoms with Crippen molar-refractivity contribution in [3.63, 3.8) is 0 Å². The van der Waals surface area contributed by atoms with Crippen molar-refractivity contribution in [1.82, 2.24) is 0 Å². The molecule has 0 bridgehead atoms. The van der Waals surface area contributed by atoms with E-state index < -0.39 is 10.9 Å². The number of ether oxygens (including phenoxy) is 1. The lowest BCUT2D eigenvalue weighted by atomic mass is 10.2. The van der Waals surface area contributed by atoms with Crippen LogP contribution in [-0.4, -0.2) is 18.0 Å². The number of allylic oxidation sites excluding steroid dienone is 1. The van der Waals surface area contributed by atoms with Crippen molar-refractivity contribution in [3.8, 4) is 0 Å². The van der Waals surface area contributed by atoms with Crippen molar-refractivity contribution in [3.05, 3.63) is 38.2 Å². The van der Waals surface area contributed by atoms with Crippen molar-refractivity contribution in [1.29, 1.82) is 0 Å². The summed E-state index contributed by atoms with van der Waals surface area (Å²) in [4.78, 5) is 21.9. The molecule has 16 heavy (non-hydrogen) atoms. The number of hydrogen-bond acceptors (Lipinski definition) is 5. The van der Waals surface area contributed by atoms with Gasteiger partial charge in [0.25, 0.3) is 0 Å². The molecule has 1 heterocycles. The van der Waals surface area contributed by atoms with Crippen LogP contribution in [0.25, 0.3) is 6.08 Å². The molecule has 0 unspecified atom stereocenters. The van der Waals surface area contributed by atoms with Crippen LogP contribution in [0.2, 0.25) is 0 Å². The van der Waals surface area contributed by atoms with E-state index in [4.69, 9.17) is 0 Å². The number of carbonyl (C=O) groups excluding carboxylic acids is 1. The van der Waals surface area contributed by atoms with Crippen molar-refractivity contribution < 1.29 is 14.5 Å². The van der Waals surface area contributed by atoms with Gasteiger partial charge in [0, 0.05) is 17.4 Å². The smallest absolute Gasteiger partial charge is 0.306 e. The number of rotatable bonds is 5. The van der Waals surface area contributed by atoms with Crippen LogP contribution in [0.4, 0.5) is 0 Å². The van der Waals surface area contributed by atoms with Crippen LogP contribution >= 0.6 is 11.3 Å². The lowest BCUT2D eigenvalue weighted by Crippen LogP contribution is -2.04. The molecule has 0 saturated heterocycles. The van der Waals surface area contributed by atoms with E-state index in [0.29, 0.717) is 0 Å². The monoisotopic (exact) mass is 241 g/mol. The molecule has 6 heteroatoms. The average molecular weight is 241 g/mol. The molecular weight excluding hydrogens is 230 g/mol. The number of hydrogen-bond donors (Lipinski definition) is 0. The molecule has 0 saturated carbocycles. The molecule has 0 amide bonds. The molecular formula is C10H11NO4S. The van der Waals surface area contributed by atoms with Gasteiger partial charge in [-0.3, -0.25) is 14.9 Å². The Hall–Kier alpha value is -1.69. The summed E-state index contributed by atoms with van der Waals surface area (Å²) in [6, 6.07) is 3.60. The van der Waals surface area contributed by atoms with Crippen LogP contribution in [0, 0.1) is 10.1 Å². The zero-order valence-electron chi connectivity index (χ0n) is 8.71. The molecule has 0 aliphatic rings. The third-order valence-electron chi connectivity index (χ3n) is 1.90. The van der Waals surface area contributed by atoms with E-state index in [2.05, 4.69) is 4.74 Å². The molecule has 0 aromatic carbocycles. The first-order valence-corrected chi connectivity index (χ1v) is 5.46. The van der Waals surface area contributed by atoms with E-state index in [-0.39, 0.29) is 18.5 Å². The van der Waals surface area contributed by atoms with Crippen LogP contribution in [0.15, 0.2) is 23.2 Å². The maximum absolute atomic E-state index is 10.9.